The molecule has 3 rings (SSSR count). The van der Waals surface area contributed by atoms with E-state index in [-0.39, 0.29) is 5.56 Å². The molecule has 0 atom stereocenters. The molecule has 0 aliphatic heterocycles. The summed E-state index contributed by atoms with van der Waals surface area (Å²) >= 11 is 0. The first kappa shape index (κ1) is 12.6. The highest BCUT2D eigenvalue weighted by Crippen LogP contribution is 1.99. The molecule has 0 radical (unpaired) electrons. The molecule has 0 unspecified atom stereocenters. The maximum Gasteiger partial charge on any atom is 0.258 e. The molecule has 20 heavy (non-hydrogen) atoms. The maximum atomic E-state index is 11.9. The van der Waals surface area contributed by atoms with Crippen molar-refractivity contribution in [3.05, 3.63) is 64.5 Å². The quantitative estimate of drug-likeness (QED) is 0.758. The van der Waals surface area contributed by atoms with Crippen molar-refractivity contribution in [2.45, 2.75) is 13.1 Å². The largest absolute Gasteiger partial charge is 0.305 e. The van der Waals surface area contributed by atoms with E-state index in [4.69, 9.17) is 0 Å². The Labute approximate surface area is 115 Å². The van der Waals surface area contributed by atoms with Gasteiger partial charge in [-0.1, -0.05) is 6.07 Å². The molecular formula is C14H15N5O. The van der Waals surface area contributed by atoms with Crippen LogP contribution in [-0.2, 0) is 20.1 Å². The minimum Gasteiger partial charge on any atom is -0.305 e. The van der Waals surface area contributed by atoms with E-state index in [0.29, 0.717) is 18.7 Å². The number of nitrogens with one attached hydrogen (secondary N) is 1. The highest BCUT2D eigenvalue weighted by Gasteiger charge is 2.02. The Kier molecular flexibility index (Phi) is 3.30. The van der Waals surface area contributed by atoms with Gasteiger partial charge in [-0.05, 0) is 18.2 Å². The average Bonchev–Trinajstić information content (AvgIpc) is 2.85. The van der Waals surface area contributed by atoms with E-state index in [1.54, 1.807) is 16.9 Å². The molecule has 0 saturated heterocycles. The van der Waals surface area contributed by atoms with Crippen LogP contribution in [0.2, 0.25) is 0 Å². The van der Waals surface area contributed by atoms with Crippen LogP contribution in [0.1, 0.15) is 11.4 Å². The van der Waals surface area contributed by atoms with Crippen molar-refractivity contribution in [3.63, 3.8) is 0 Å². The zero-order valence-electron chi connectivity index (χ0n) is 11.2. The van der Waals surface area contributed by atoms with Gasteiger partial charge >= 0.3 is 0 Å². The molecule has 0 aliphatic carbocycles. The van der Waals surface area contributed by atoms with Crippen molar-refractivity contribution in [1.29, 1.82) is 0 Å². The predicted octanol–water partition coefficient (Wildman–Crippen LogP) is 0.718. The number of rotatable bonds is 4. The monoisotopic (exact) mass is 269 g/mol. The Morgan fingerprint density at radius 1 is 1.15 bits per heavy atom. The van der Waals surface area contributed by atoms with Crippen LogP contribution in [0.25, 0.3) is 5.65 Å². The van der Waals surface area contributed by atoms with Gasteiger partial charge in [0.15, 0.2) is 0 Å². The van der Waals surface area contributed by atoms with Crippen LogP contribution in [0.4, 0.5) is 0 Å². The number of hydrogen-bond donors (Lipinski definition) is 1. The molecule has 3 heterocycles. The second kappa shape index (κ2) is 5.26. The zero-order chi connectivity index (χ0) is 13.9. The SMILES string of the molecule is Cn1ccc(CNCc2cc(=O)n3ccccc3n2)n1. The summed E-state index contributed by atoms with van der Waals surface area (Å²) in [7, 11) is 1.88. The summed E-state index contributed by atoms with van der Waals surface area (Å²) in [6.07, 6.45) is 3.62. The first-order chi connectivity index (χ1) is 9.72. The summed E-state index contributed by atoms with van der Waals surface area (Å²) in [6, 6.07) is 9.01. The Morgan fingerprint density at radius 2 is 2.00 bits per heavy atom. The lowest BCUT2D eigenvalue weighted by atomic mass is 10.3. The fourth-order valence-electron chi connectivity index (χ4n) is 2.07. The van der Waals surface area contributed by atoms with E-state index in [0.717, 1.165) is 11.4 Å². The number of pyridine rings is 1. The topological polar surface area (TPSA) is 64.2 Å². The lowest BCUT2D eigenvalue weighted by molar-refractivity contribution is 0.647. The van der Waals surface area contributed by atoms with Crippen LogP contribution in [0, 0.1) is 0 Å². The standard InChI is InChI=1S/C14H15N5O/c1-18-7-5-11(17-18)9-15-10-12-8-14(20)19-6-3-2-4-13(19)16-12/h2-8,15H,9-10H2,1H3. The number of fused-ring (bicyclic) bond motifs is 1. The molecule has 0 spiro atoms. The summed E-state index contributed by atoms with van der Waals surface area (Å²) in [4.78, 5) is 16.4. The molecule has 0 saturated carbocycles. The Balaban J connectivity index is 1.73. The average molecular weight is 269 g/mol. The fourth-order valence-corrected chi connectivity index (χ4v) is 2.07. The van der Waals surface area contributed by atoms with E-state index in [1.165, 1.54) is 4.40 Å². The fraction of sp³-hybridized carbons (Fsp3) is 0.214. The normalized spacial score (nSPS) is 11.1. The van der Waals surface area contributed by atoms with Gasteiger partial charge in [-0.15, -0.1) is 0 Å². The van der Waals surface area contributed by atoms with Gasteiger partial charge in [0, 0.05) is 38.6 Å². The summed E-state index contributed by atoms with van der Waals surface area (Å²) < 4.78 is 3.29. The third-order valence-electron chi connectivity index (χ3n) is 3.01. The number of aryl methyl sites for hydroxylation is 1. The second-order valence-electron chi connectivity index (χ2n) is 4.60. The molecule has 0 bridgehead atoms. The lowest BCUT2D eigenvalue weighted by Gasteiger charge is -2.04. The molecule has 0 aliphatic rings. The van der Waals surface area contributed by atoms with Gasteiger partial charge in [-0.2, -0.15) is 5.10 Å². The number of hydrogen-bond acceptors (Lipinski definition) is 4. The molecule has 3 aromatic heterocycles. The van der Waals surface area contributed by atoms with Gasteiger partial charge in [0.05, 0.1) is 11.4 Å². The van der Waals surface area contributed by atoms with Gasteiger partial charge < -0.3 is 5.32 Å². The van der Waals surface area contributed by atoms with Crippen LogP contribution in [0.3, 0.4) is 0 Å². The molecular weight excluding hydrogens is 254 g/mol. The van der Waals surface area contributed by atoms with Crippen molar-refractivity contribution in [2.75, 3.05) is 0 Å². The van der Waals surface area contributed by atoms with E-state index in [2.05, 4.69) is 15.4 Å². The van der Waals surface area contributed by atoms with Crippen LogP contribution < -0.4 is 10.9 Å². The summed E-state index contributed by atoms with van der Waals surface area (Å²) in [5, 5.41) is 7.51. The van der Waals surface area contributed by atoms with Gasteiger partial charge in [0.2, 0.25) is 0 Å². The highest BCUT2D eigenvalue weighted by atomic mass is 16.1. The molecule has 6 heteroatoms. The summed E-state index contributed by atoms with van der Waals surface area (Å²) in [5.41, 5.74) is 2.29. The van der Waals surface area contributed by atoms with Crippen molar-refractivity contribution in [1.82, 2.24) is 24.5 Å². The minimum atomic E-state index is -0.0646. The van der Waals surface area contributed by atoms with E-state index < -0.39 is 0 Å². The lowest BCUT2D eigenvalue weighted by Crippen LogP contribution is -2.19. The summed E-state index contributed by atoms with van der Waals surface area (Å²) in [6.45, 7) is 1.19. The van der Waals surface area contributed by atoms with Crippen molar-refractivity contribution in [3.8, 4) is 0 Å². The van der Waals surface area contributed by atoms with E-state index >= 15 is 0 Å². The molecule has 1 N–H and O–H groups in total. The molecule has 0 fully saturated rings. The van der Waals surface area contributed by atoms with Crippen LogP contribution in [0.5, 0.6) is 0 Å². The Bertz CT molecular complexity index is 789. The maximum absolute atomic E-state index is 11.9. The molecule has 102 valence electrons. The van der Waals surface area contributed by atoms with Gasteiger partial charge in [-0.3, -0.25) is 13.9 Å². The first-order valence-corrected chi connectivity index (χ1v) is 6.39. The van der Waals surface area contributed by atoms with Crippen molar-refractivity contribution >= 4 is 5.65 Å². The second-order valence-corrected chi connectivity index (χ2v) is 4.60. The molecule has 0 amide bonds. The zero-order valence-corrected chi connectivity index (χ0v) is 11.2. The third-order valence-corrected chi connectivity index (χ3v) is 3.01. The Morgan fingerprint density at radius 3 is 2.80 bits per heavy atom. The summed E-state index contributed by atoms with van der Waals surface area (Å²) in [5.74, 6) is 0. The van der Waals surface area contributed by atoms with Crippen LogP contribution >= 0.6 is 0 Å². The third kappa shape index (κ3) is 2.60. The number of aromatic nitrogens is 4. The first-order valence-electron chi connectivity index (χ1n) is 6.39. The molecule has 3 aromatic rings. The Hall–Kier alpha value is -2.47. The van der Waals surface area contributed by atoms with Crippen LogP contribution in [0.15, 0.2) is 47.5 Å². The smallest absolute Gasteiger partial charge is 0.258 e. The predicted molar refractivity (Wildman–Crippen MR) is 75.2 cm³/mol. The molecule has 6 nitrogen and oxygen atoms in total. The van der Waals surface area contributed by atoms with Gasteiger partial charge in [-0.25, -0.2) is 4.98 Å². The van der Waals surface area contributed by atoms with Gasteiger partial charge in [0.1, 0.15) is 5.65 Å². The molecule has 0 aromatic carbocycles. The number of nitrogens with zero attached hydrogens (tertiary/aromatic N) is 4. The van der Waals surface area contributed by atoms with Crippen molar-refractivity contribution < 1.29 is 0 Å². The highest BCUT2D eigenvalue weighted by molar-refractivity contribution is 5.37. The van der Waals surface area contributed by atoms with E-state index in [9.17, 15) is 4.79 Å². The van der Waals surface area contributed by atoms with E-state index in [1.807, 2.05) is 37.5 Å². The minimum absolute atomic E-state index is 0.0646. The van der Waals surface area contributed by atoms with Gasteiger partial charge in [0.25, 0.3) is 5.56 Å². The van der Waals surface area contributed by atoms with Crippen LogP contribution in [-0.4, -0.2) is 19.2 Å². The van der Waals surface area contributed by atoms with Crippen molar-refractivity contribution in [2.24, 2.45) is 7.05 Å².